The summed E-state index contributed by atoms with van der Waals surface area (Å²) in [5, 5.41) is 1.91. The molecule has 0 aliphatic rings. The van der Waals surface area contributed by atoms with Crippen LogP contribution in [0.1, 0.15) is 0 Å². The third-order valence-corrected chi connectivity index (χ3v) is 1.81. The van der Waals surface area contributed by atoms with Gasteiger partial charge < -0.3 is 5.32 Å². The summed E-state index contributed by atoms with van der Waals surface area (Å²) in [6.07, 6.45) is -4.94. The molecule has 0 saturated carbocycles. The van der Waals surface area contributed by atoms with Crippen molar-refractivity contribution >= 4 is 34.8 Å². The van der Waals surface area contributed by atoms with Crippen molar-refractivity contribution in [3.05, 3.63) is 28.2 Å². The molecule has 1 N–H and O–H groups in total. The molecule has 2 nitrogen and oxygen atoms in total. The molecule has 1 amide bonds. The number of anilines is 1. The van der Waals surface area contributed by atoms with Crippen molar-refractivity contribution in [3.8, 4) is 0 Å². The summed E-state index contributed by atoms with van der Waals surface area (Å²) in [4.78, 5) is 10.5. The number of alkyl halides is 3. The molecule has 7 heteroatoms. The van der Waals surface area contributed by atoms with E-state index < -0.39 is 12.1 Å². The van der Waals surface area contributed by atoms with Crippen LogP contribution in [-0.4, -0.2) is 12.1 Å². The predicted molar refractivity (Wildman–Crippen MR) is 51.1 cm³/mol. The van der Waals surface area contributed by atoms with Gasteiger partial charge >= 0.3 is 12.1 Å². The number of rotatable bonds is 1. The van der Waals surface area contributed by atoms with Crippen molar-refractivity contribution in [2.45, 2.75) is 6.18 Å². The predicted octanol–water partition coefficient (Wildman–Crippen LogP) is 3.49. The first-order chi connectivity index (χ1) is 6.79. The van der Waals surface area contributed by atoms with E-state index in [1.54, 1.807) is 5.32 Å². The average molecular weight is 258 g/mol. The number of nitrogens with one attached hydrogen (secondary N) is 1. The minimum Gasteiger partial charge on any atom is -0.318 e. The van der Waals surface area contributed by atoms with Crippen LogP contribution < -0.4 is 5.32 Å². The lowest BCUT2D eigenvalue weighted by molar-refractivity contribution is -0.167. The monoisotopic (exact) mass is 257 g/mol. The molecule has 15 heavy (non-hydrogen) atoms. The van der Waals surface area contributed by atoms with Gasteiger partial charge in [0.15, 0.2) is 0 Å². The summed E-state index contributed by atoms with van der Waals surface area (Å²) in [5.74, 6) is -2.07. The topological polar surface area (TPSA) is 29.1 Å². The van der Waals surface area contributed by atoms with Crippen LogP contribution >= 0.6 is 23.2 Å². The molecule has 1 aromatic carbocycles. The second-order valence-corrected chi connectivity index (χ2v) is 3.48. The third kappa shape index (κ3) is 3.60. The normalized spacial score (nSPS) is 11.3. The minimum atomic E-state index is -4.94. The summed E-state index contributed by atoms with van der Waals surface area (Å²) in [6, 6.07) is 3.67. The maximum atomic E-state index is 11.9. The first-order valence-corrected chi connectivity index (χ1v) is 4.39. The van der Waals surface area contributed by atoms with E-state index >= 15 is 0 Å². The van der Waals surface area contributed by atoms with Gasteiger partial charge in [-0.25, -0.2) is 0 Å². The Morgan fingerprint density at radius 2 is 1.60 bits per heavy atom. The van der Waals surface area contributed by atoms with Crippen LogP contribution in [0.3, 0.4) is 0 Å². The lowest BCUT2D eigenvalue weighted by atomic mass is 10.3. The number of benzene rings is 1. The van der Waals surface area contributed by atoms with E-state index in [1.165, 1.54) is 6.07 Å². The Bertz CT molecular complexity index is 372. The Labute approximate surface area is 93.0 Å². The van der Waals surface area contributed by atoms with Gasteiger partial charge in [-0.1, -0.05) is 23.2 Å². The van der Waals surface area contributed by atoms with Crippen molar-refractivity contribution in [1.82, 2.24) is 0 Å². The van der Waals surface area contributed by atoms with Crippen molar-refractivity contribution in [3.63, 3.8) is 0 Å². The summed E-state index contributed by atoms with van der Waals surface area (Å²) >= 11 is 11.1. The van der Waals surface area contributed by atoms with E-state index in [1.807, 2.05) is 0 Å². The van der Waals surface area contributed by atoms with Gasteiger partial charge in [0, 0.05) is 15.7 Å². The van der Waals surface area contributed by atoms with Crippen LogP contribution in [0.25, 0.3) is 0 Å². The Hall–Kier alpha value is -0.940. The van der Waals surface area contributed by atoms with Gasteiger partial charge in [-0.2, -0.15) is 13.2 Å². The fourth-order valence-corrected chi connectivity index (χ4v) is 1.35. The van der Waals surface area contributed by atoms with Crippen LogP contribution in [0.4, 0.5) is 18.9 Å². The average Bonchev–Trinajstić information content (AvgIpc) is 1.99. The van der Waals surface area contributed by atoms with E-state index in [0.717, 1.165) is 12.1 Å². The van der Waals surface area contributed by atoms with Gasteiger partial charge in [0.05, 0.1) is 0 Å². The quantitative estimate of drug-likeness (QED) is 0.820. The fraction of sp³-hybridized carbons (Fsp3) is 0.125. The highest BCUT2D eigenvalue weighted by Crippen LogP contribution is 2.24. The number of halogens is 5. The molecule has 0 aliphatic carbocycles. The summed E-state index contributed by atoms with van der Waals surface area (Å²) in [5.41, 5.74) is -0.102. The molecule has 0 aromatic heterocycles. The maximum Gasteiger partial charge on any atom is 0.471 e. The molecular formula is C8H4Cl2F3NO. The number of hydrogen-bond donors (Lipinski definition) is 1. The van der Waals surface area contributed by atoms with Crippen molar-refractivity contribution in [2.75, 3.05) is 5.32 Å². The molecule has 1 aromatic rings. The lowest BCUT2D eigenvalue weighted by Gasteiger charge is -2.08. The number of carbonyl (C=O) groups is 1. The second-order valence-electron chi connectivity index (χ2n) is 2.61. The SMILES string of the molecule is O=C(Nc1cc(Cl)cc(Cl)c1)C(F)(F)F. The molecule has 0 heterocycles. The Morgan fingerprint density at radius 1 is 1.13 bits per heavy atom. The van der Waals surface area contributed by atoms with Gasteiger partial charge in [0.1, 0.15) is 0 Å². The summed E-state index contributed by atoms with van der Waals surface area (Å²) < 4.78 is 35.6. The largest absolute Gasteiger partial charge is 0.471 e. The van der Waals surface area contributed by atoms with E-state index in [2.05, 4.69) is 0 Å². The van der Waals surface area contributed by atoms with E-state index in [0.29, 0.717) is 0 Å². The molecule has 0 atom stereocenters. The van der Waals surface area contributed by atoms with Crippen LogP contribution in [0.5, 0.6) is 0 Å². The van der Waals surface area contributed by atoms with Gasteiger partial charge in [-0.05, 0) is 18.2 Å². The Kier molecular flexibility index (Phi) is 3.46. The highest BCUT2D eigenvalue weighted by molar-refractivity contribution is 6.35. The maximum absolute atomic E-state index is 11.9. The summed E-state index contributed by atoms with van der Waals surface area (Å²) in [6.45, 7) is 0. The van der Waals surface area contributed by atoms with Gasteiger partial charge in [0.25, 0.3) is 0 Å². The molecule has 0 fully saturated rings. The molecule has 0 radical (unpaired) electrons. The zero-order chi connectivity index (χ0) is 11.6. The zero-order valence-corrected chi connectivity index (χ0v) is 8.54. The van der Waals surface area contributed by atoms with Crippen LogP contribution in [0, 0.1) is 0 Å². The molecule has 0 saturated heterocycles. The van der Waals surface area contributed by atoms with Crippen LogP contribution in [-0.2, 0) is 4.79 Å². The Morgan fingerprint density at radius 3 is 2.00 bits per heavy atom. The first-order valence-electron chi connectivity index (χ1n) is 3.63. The smallest absolute Gasteiger partial charge is 0.318 e. The lowest BCUT2D eigenvalue weighted by Crippen LogP contribution is -2.29. The van der Waals surface area contributed by atoms with Gasteiger partial charge in [-0.15, -0.1) is 0 Å². The van der Waals surface area contributed by atoms with Crippen molar-refractivity contribution in [1.29, 1.82) is 0 Å². The Balaban J connectivity index is 2.86. The number of carbonyl (C=O) groups excluding carboxylic acids is 1. The molecule has 82 valence electrons. The third-order valence-electron chi connectivity index (χ3n) is 1.38. The van der Waals surface area contributed by atoms with Gasteiger partial charge in [-0.3, -0.25) is 4.79 Å². The van der Waals surface area contributed by atoms with E-state index in [-0.39, 0.29) is 15.7 Å². The highest BCUT2D eigenvalue weighted by atomic mass is 35.5. The summed E-state index contributed by atoms with van der Waals surface area (Å²) in [7, 11) is 0. The molecule has 0 spiro atoms. The molecule has 0 aliphatic heterocycles. The molecule has 0 unspecified atom stereocenters. The second kappa shape index (κ2) is 4.28. The van der Waals surface area contributed by atoms with Crippen molar-refractivity contribution in [2.24, 2.45) is 0 Å². The minimum absolute atomic E-state index is 0.102. The fourth-order valence-electron chi connectivity index (χ4n) is 0.828. The first kappa shape index (κ1) is 12.1. The molecule has 0 bridgehead atoms. The number of hydrogen-bond acceptors (Lipinski definition) is 1. The molecule has 1 rings (SSSR count). The van der Waals surface area contributed by atoms with Crippen LogP contribution in [0.2, 0.25) is 10.0 Å². The standard InChI is InChI=1S/C8H4Cl2F3NO/c9-4-1-5(10)3-6(2-4)14-7(15)8(11,12)13/h1-3H,(H,14,15). The van der Waals surface area contributed by atoms with Gasteiger partial charge in [0.2, 0.25) is 0 Å². The zero-order valence-electron chi connectivity index (χ0n) is 7.03. The van der Waals surface area contributed by atoms with E-state index in [4.69, 9.17) is 23.2 Å². The van der Waals surface area contributed by atoms with Crippen molar-refractivity contribution < 1.29 is 18.0 Å². The molecular weight excluding hydrogens is 254 g/mol. The number of amides is 1. The highest BCUT2D eigenvalue weighted by Gasteiger charge is 2.38. The van der Waals surface area contributed by atoms with E-state index in [9.17, 15) is 18.0 Å². The van der Waals surface area contributed by atoms with Crippen LogP contribution in [0.15, 0.2) is 18.2 Å².